The molecule has 0 aromatic heterocycles. The van der Waals surface area contributed by atoms with Crippen molar-refractivity contribution in [2.45, 2.75) is 141 Å². The fraction of sp³-hybridized carbons (Fsp3) is 0.914. The van der Waals surface area contributed by atoms with Crippen LogP contribution in [-0.4, -0.2) is 137 Å². The Balaban J connectivity index is -0.000000114. The van der Waals surface area contributed by atoms with Gasteiger partial charge in [0.05, 0.1) is 51.4 Å². The Bertz CT molecular complexity index is 1280. The maximum absolute atomic E-state index is 11.8. The third-order valence-corrected chi connectivity index (χ3v) is 8.34. The number of hydrogen-bond acceptors (Lipinski definition) is 12. The predicted octanol–water partition coefficient (Wildman–Crippen LogP) is 1.92. The first kappa shape index (κ1) is 74.2. The van der Waals surface area contributed by atoms with E-state index in [0.717, 1.165) is 38.5 Å². The van der Waals surface area contributed by atoms with Gasteiger partial charge < -0.3 is 36.8 Å². The SMILES string of the molecule is CC(=O)CCCCCCOCCC(F)(F)F.O=C(CCCCCCOCCC(F)(F)F)OCCS(=O)(=O)O.O=C(O)CCCCCCOCCC(F)(F)F.O=S(=O)(O)CCO.[H-].[H-].[Na+].[Na+]. The number of halogens is 9. The number of carbonyl (C=O) groups excluding carboxylic acids is 2. The van der Waals surface area contributed by atoms with E-state index in [-0.39, 0.29) is 114 Å². The molecular formula is C35H65F9Na2O15S2. The zero-order chi connectivity index (χ0) is 47.9. The van der Waals surface area contributed by atoms with Crippen molar-refractivity contribution in [2.75, 3.05) is 64.4 Å². The zero-order valence-corrected chi connectivity index (χ0v) is 41.9. The molecule has 4 N–H and O–H groups in total. The monoisotopic (exact) mass is 1010 g/mol. The number of aliphatic hydroxyl groups excluding tert-OH is 1. The predicted molar refractivity (Wildman–Crippen MR) is 205 cm³/mol. The van der Waals surface area contributed by atoms with Crippen LogP contribution >= 0.6 is 0 Å². The molecule has 0 heterocycles. The zero-order valence-electron chi connectivity index (χ0n) is 38.3. The number of alkyl halides is 9. The summed E-state index contributed by atoms with van der Waals surface area (Å²) in [5.41, 5.74) is 0. The number of unbranched alkanes of at least 4 members (excludes halogenated alkanes) is 9. The van der Waals surface area contributed by atoms with Crippen LogP contribution in [0.2, 0.25) is 0 Å². The van der Waals surface area contributed by atoms with E-state index < -0.39 is 88.1 Å². The van der Waals surface area contributed by atoms with Gasteiger partial charge in [0.15, 0.2) is 0 Å². The molecule has 0 spiro atoms. The van der Waals surface area contributed by atoms with Crippen LogP contribution < -0.4 is 59.1 Å². The number of aliphatic carboxylic acids is 1. The Kier molecular flexibility index (Phi) is 53.5. The molecule has 0 saturated heterocycles. The van der Waals surface area contributed by atoms with Gasteiger partial charge in [0.25, 0.3) is 20.2 Å². The second-order valence-corrected chi connectivity index (χ2v) is 16.2. The fourth-order valence-electron chi connectivity index (χ4n) is 3.91. The molecule has 0 aliphatic carbocycles. The van der Waals surface area contributed by atoms with Gasteiger partial charge in [0, 0.05) is 39.1 Å². The van der Waals surface area contributed by atoms with E-state index in [1.165, 1.54) is 0 Å². The van der Waals surface area contributed by atoms with Gasteiger partial charge in [-0.25, -0.2) is 0 Å². The van der Waals surface area contributed by atoms with Crippen molar-refractivity contribution in [1.29, 1.82) is 0 Å². The first-order valence-corrected chi connectivity index (χ1v) is 22.5. The number of aliphatic hydroxyl groups is 1. The van der Waals surface area contributed by atoms with E-state index in [9.17, 15) is 70.7 Å². The average molecular weight is 1010 g/mol. The molecule has 0 radical (unpaired) electrons. The first-order valence-electron chi connectivity index (χ1n) is 19.3. The van der Waals surface area contributed by atoms with E-state index >= 15 is 0 Å². The molecule has 63 heavy (non-hydrogen) atoms. The van der Waals surface area contributed by atoms with Crippen LogP contribution in [-0.2, 0) is 53.6 Å². The van der Waals surface area contributed by atoms with Crippen LogP contribution in [0.3, 0.4) is 0 Å². The molecule has 0 atom stereocenters. The Morgan fingerprint density at radius 3 is 1.08 bits per heavy atom. The normalized spacial score (nSPS) is 11.6. The Labute approximate surface area is 411 Å². The summed E-state index contributed by atoms with van der Waals surface area (Å²) in [5, 5.41) is 16.2. The van der Waals surface area contributed by atoms with Gasteiger partial charge in [-0.2, -0.15) is 56.3 Å². The van der Waals surface area contributed by atoms with Crippen molar-refractivity contribution >= 4 is 38.0 Å². The van der Waals surface area contributed by atoms with Gasteiger partial charge in [-0.3, -0.25) is 18.7 Å². The number of carboxylic acid groups (broad SMARTS) is 1. The first-order chi connectivity index (χ1) is 28.0. The molecule has 0 bridgehead atoms. The van der Waals surface area contributed by atoms with Crippen LogP contribution in [0.15, 0.2) is 0 Å². The number of rotatable bonds is 32. The van der Waals surface area contributed by atoms with Crippen molar-refractivity contribution in [2.24, 2.45) is 0 Å². The number of ketones is 1. The summed E-state index contributed by atoms with van der Waals surface area (Å²) in [6, 6.07) is 0. The second-order valence-electron chi connectivity index (χ2n) is 13.0. The minimum Gasteiger partial charge on any atom is -1.00 e. The number of carbonyl (C=O) groups is 3. The van der Waals surface area contributed by atoms with E-state index in [1.807, 2.05) is 0 Å². The smallest absolute Gasteiger partial charge is 1.00 e. The van der Waals surface area contributed by atoms with Crippen LogP contribution in [0.1, 0.15) is 125 Å². The summed E-state index contributed by atoms with van der Waals surface area (Å²) >= 11 is 0. The Morgan fingerprint density at radius 1 is 0.492 bits per heavy atom. The maximum atomic E-state index is 11.8. The van der Waals surface area contributed by atoms with E-state index in [4.69, 9.17) is 33.5 Å². The van der Waals surface area contributed by atoms with Crippen LogP contribution in [0, 0.1) is 0 Å². The number of esters is 1. The Hall–Kier alpha value is -0.360. The largest absolute Gasteiger partial charge is 1.00 e. The number of ether oxygens (including phenoxy) is 4. The van der Waals surface area contributed by atoms with Crippen LogP contribution in [0.25, 0.3) is 0 Å². The van der Waals surface area contributed by atoms with Gasteiger partial charge >= 0.3 is 89.6 Å². The Morgan fingerprint density at radius 2 is 0.810 bits per heavy atom. The molecule has 15 nitrogen and oxygen atoms in total. The topological polar surface area (TPSA) is 237 Å². The summed E-state index contributed by atoms with van der Waals surface area (Å²) in [7, 11) is -8.06. The number of carboxylic acids is 1. The standard InChI is InChI=1S/C12H21F3O6S.C11H19F3O2.C10H17F3O3.C2H6O4S.2Na.2H/c13-12(14,15)6-8-20-7-4-2-1-3-5-11(16)21-9-10-22(17,18)19;1-10(15)6-4-2-3-5-8-16-9-7-11(12,13)14;11-10(12,13)6-8-16-7-4-2-1-3-5-9(14)15;3-1-2-7(4,5)6;;;;/h1-10H2,(H,17,18,19);2-9H2,1H3;1-8H2,(H,14,15);3H,1-2H2,(H,4,5,6);;;;/q;;;;2*+1;2*-1. The number of hydrogen-bond donors (Lipinski definition) is 4. The fourth-order valence-corrected chi connectivity index (χ4v) is 4.44. The van der Waals surface area contributed by atoms with Gasteiger partial charge in [-0.15, -0.1) is 0 Å². The molecule has 0 rings (SSSR count). The molecular weight excluding hydrogens is 941 g/mol. The quantitative estimate of drug-likeness (QED) is 0.0248. The number of Topliss-reactive ketones (excluding diaryl/α,β-unsaturated/α-hetero) is 1. The summed E-state index contributed by atoms with van der Waals surface area (Å²) in [4.78, 5) is 31.9. The molecule has 0 amide bonds. The van der Waals surface area contributed by atoms with Crippen molar-refractivity contribution in [3.63, 3.8) is 0 Å². The molecule has 0 aliphatic rings. The summed E-state index contributed by atoms with van der Waals surface area (Å²) in [6.45, 7) is 0.678. The minimum absolute atomic E-state index is 0. The van der Waals surface area contributed by atoms with Gasteiger partial charge in [0.1, 0.15) is 18.1 Å². The van der Waals surface area contributed by atoms with Crippen molar-refractivity contribution in [3.05, 3.63) is 0 Å². The van der Waals surface area contributed by atoms with Gasteiger partial charge in [-0.05, 0) is 45.4 Å². The summed E-state index contributed by atoms with van der Waals surface area (Å²) in [6.07, 6.45) is -5.50. The van der Waals surface area contributed by atoms with Gasteiger partial charge in [0.2, 0.25) is 0 Å². The van der Waals surface area contributed by atoms with Gasteiger partial charge in [-0.1, -0.05) is 38.5 Å². The third kappa shape index (κ3) is 89.0. The molecule has 0 unspecified atom stereocenters. The molecule has 0 fully saturated rings. The second kappa shape index (κ2) is 45.4. The van der Waals surface area contributed by atoms with Crippen molar-refractivity contribution in [1.82, 2.24) is 0 Å². The van der Waals surface area contributed by atoms with E-state index in [2.05, 4.69) is 4.74 Å². The summed E-state index contributed by atoms with van der Waals surface area (Å²) < 4.78 is 181. The molecule has 0 aliphatic heterocycles. The van der Waals surface area contributed by atoms with E-state index in [0.29, 0.717) is 58.2 Å². The van der Waals surface area contributed by atoms with Crippen LogP contribution in [0.4, 0.5) is 39.5 Å². The maximum Gasteiger partial charge on any atom is 1.00 e. The summed E-state index contributed by atoms with van der Waals surface area (Å²) in [5.74, 6) is -2.39. The molecule has 0 aromatic rings. The minimum atomic E-state index is -4.20. The van der Waals surface area contributed by atoms with Crippen LogP contribution in [0.5, 0.6) is 0 Å². The van der Waals surface area contributed by atoms with Crippen molar-refractivity contribution < 1.29 is 171 Å². The molecule has 372 valence electrons. The molecule has 0 saturated carbocycles. The molecule has 0 aromatic carbocycles. The third-order valence-electron chi connectivity index (χ3n) is 6.96. The van der Waals surface area contributed by atoms with E-state index in [1.54, 1.807) is 6.92 Å². The van der Waals surface area contributed by atoms with Crippen molar-refractivity contribution in [3.8, 4) is 0 Å². The average Bonchev–Trinajstić information content (AvgIpc) is 3.07. The molecule has 28 heteroatoms.